The second-order valence-corrected chi connectivity index (χ2v) is 9.78. The van der Waals surface area contributed by atoms with Gasteiger partial charge in [0.1, 0.15) is 6.10 Å². The van der Waals surface area contributed by atoms with Gasteiger partial charge in [-0.2, -0.15) is 10.2 Å². The third-order valence-electron chi connectivity index (χ3n) is 6.94. The van der Waals surface area contributed by atoms with E-state index < -0.39 is 0 Å². The third-order valence-corrected chi connectivity index (χ3v) is 6.94. The van der Waals surface area contributed by atoms with E-state index in [9.17, 15) is 5.11 Å². The summed E-state index contributed by atoms with van der Waals surface area (Å²) in [6.07, 6.45) is 5.66. The number of aromatic nitrogens is 7. The van der Waals surface area contributed by atoms with Crippen LogP contribution in [0.15, 0.2) is 12.3 Å². The molecule has 2 atom stereocenters. The molecule has 2 N–H and O–H groups in total. The first-order chi connectivity index (χ1) is 18.3. The van der Waals surface area contributed by atoms with Gasteiger partial charge in [0.25, 0.3) is 0 Å². The number of hydrogen-bond donors (Lipinski definition) is 2. The maximum Gasteiger partial charge on any atom is 0.240 e. The molecule has 0 radical (unpaired) electrons. The molecular weight excluding hydrogens is 484 g/mol. The number of aromatic amines is 1. The standard InChI is InChI=1S/C27H36N8O3/c1-7-34-13-17(4)38-27-25(18(5)31-33(27)6)22-11-20-21(29-30-23(20)12-28-22)10-9-19-24(14-34)35(16(3)15-36)32-26(19)37-8-2/h9-12,16-17,36H,7-8,13-15H2,1-6H3,(H,29,30)/b10-9+/t16-,17+/m0/s1. The molecule has 202 valence electrons. The Labute approximate surface area is 222 Å². The van der Waals surface area contributed by atoms with Gasteiger partial charge in [0, 0.05) is 25.5 Å². The van der Waals surface area contributed by atoms with Crippen LogP contribution in [0.3, 0.4) is 0 Å². The zero-order valence-corrected chi connectivity index (χ0v) is 22.9. The summed E-state index contributed by atoms with van der Waals surface area (Å²) in [5, 5.41) is 28.0. The number of H-pyrrole nitrogens is 1. The van der Waals surface area contributed by atoms with Crippen molar-refractivity contribution in [1.29, 1.82) is 0 Å². The molecule has 0 aromatic carbocycles. The van der Waals surface area contributed by atoms with Crippen LogP contribution in [0.1, 0.15) is 56.4 Å². The Morgan fingerprint density at radius 3 is 2.82 bits per heavy atom. The summed E-state index contributed by atoms with van der Waals surface area (Å²) in [5.74, 6) is 1.23. The second kappa shape index (κ2) is 10.6. The van der Waals surface area contributed by atoms with Gasteiger partial charge in [-0.15, -0.1) is 5.10 Å². The lowest BCUT2D eigenvalue weighted by molar-refractivity contribution is 0.132. The van der Waals surface area contributed by atoms with Gasteiger partial charge in [-0.3, -0.25) is 19.7 Å². The van der Waals surface area contributed by atoms with Crippen LogP contribution in [0.25, 0.3) is 34.3 Å². The third kappa shape index (κ3) is 4.67. The first-order valence-corrected chi connectivity index (χ1v) is 13.1. The van der Waals surface area contributed by atoms with E-state index in [1.807, 2.05) is 50.7 Å². The predicted molar refractivity (Wildman–Crippen MR) is 146 cm³/mol. The number of nitrogens with zero attached hydrogens (tertiary/aromatic N) is 7. The van der Waals surface area contributed by atoms with Crippen LogP contribution in [-0.2, 0) is 13.6 Å². The highest BCUT2D eigenvalue weighted by atomic mass is 16.5. The van der Waals surface area contributed by atoms with Crippen molar-refractivity contribution in [3.05, 3.63) is 34.9 Å². The molecule has 0 spiro atoms. The summed E-state index contributed by atoms with van der Waals surface area (Å²) in [7, 11) is 1.89. The van der Waals surface area contributed by atoms with Gasteiger partial charge in [0.15, 0.2) is 0 Å². The molecule has 2 bridgehead atoms. The molecule has 0 aliphatic carbocycles. The average Bonchev–Trinajstić information content (AvgIpc) is 3.54. The lowest BCUT2D eigenvalue weighted by atomic mass is 10.1. The van der Waals surface area contributed by atoms with E-state index in [-0.39, 0.29) is 18.8 Å². The SMILES string of the molecule is CCOc1nn([C@@H](C)CO)c2c1/C=C/c1n[nH]c3cnc(cc13)-c1c(C)nn(C)c1O[C@H](C)CN(CC)C2. The van der Waals surface area contributed by atoms with E-state index in [1.54, 1.807) is 10.9 Å². The minimum Gasteiger partial charge on any atom is -0.476 e. The van der Waals surface area contributed by atoms with Gasteiger partial charge in [0.05, 0.1) is 64.9 Å². The number of aryl methyl sites for hydroxylation is 2. The van der Waals surface area contributed by atoms with E-state index in [0.29, 0.717) is 31.5 Å². The first kappa shape index (κ1) is 25.9. The van der Waals surface area contributed by atoms with Gasteiger partial charge in [-0.25, -0.2) is 4.68 Å². The van der Waals surface area contributed by atoms with E-state index in [1.165, 1.54) is 0 Å². The maximum absolute atomic E-state index is 9.99. The fourth-order valence-electron chi connectivity index (χ4n) is 5.01. The molecule has 11 nitrogen and oxygen atoms in total. The monoisotopic (exact) mass is 520 g/mol. The summed E-state index contributed by atoms with van der Waals surface area (Å²) >= 11 is 0. The van der Waals surface area contributed by atoms with Crippen LogP contribution >= 0.6 is 0 Å². The number of aliphatic hydroxyl groups excluding tert-OH is 1. The van der Waals surface area contributed by atoms with Gasteiger partial charge in [-0.05, 0) is 52.5 Å². The number of ether oxygens (including phenoxy) is 2. The molecule has 11 heteroatoms. The zero-order chi connectivity index (χ0) is 27.0. The van der Waals surface area contributed by atoms with Crippen molar-refractivity contribution < 1.29 is 14.6 Å². The van der Waals surface area contributed by atoms with Crippen molar-refractivity contribution in [2.45, 2.75) is 53.3 Å². The van der Waals surface area contributed by atoms with Crippen LogP contribution < -0.4 is 9.47 Å². The molecule has 0 amide bonds. The fourth-order valence-corrected chi connectivity index (χ4v) is 5.01. The Morgan fingerprint density at radius 2 is 2.08 bits per heavy atom. The predicted octanol–water partition coefficient (Wildman–Crippen LogP) is 3.59. The first-order valence-electron chi connectivity index (χ1n) is 13.1. The average molecular weight is 521 g/mol. The van der Waals surface area contributed by atoms with Gasteiger partial charge in [0.2, 0.25) is 11.8 Å². The van der Waals surface area contributed by atoms with Crippen LogP contribution in [0.5, 0.6) is 11.8 Å². The van der Waals surface area contributed by atoms with E-state index >= 15 is 0 Å². The highest BCUT2D eigenvalue weighted by Crippen LogP contribution is 2.35. The molecule has 38 heavy (non-hydrogen) atoms. The Morgan fingerprint density at radius 1 is 1.26 bits per heavy atom. The number of nitrogens with one attached hydrogen (secondary N) is 1. The summed E-state index contributed by atoms with van der Waals surface area (Å²) in [6.45, 7) is 12.6. The van der Waals surface area contributed by atoms with Crippen molar-refractivity contribution in [1.82, 2.24) is 39.6 Å². The lowest BCUT2D eigenvalue weighted by Gasteiger charge is -2.26. The van der Waals surface area contributed by atoms with Crippen LogP contribution in [0.2, 0.25) is 0 Å². The second-order valence-electron chi connectivity index (χ2n) is 9.78. The topological polar surface area (TPSA) is 119 Å². The van der Waals surface area contributed by atoms with Gasteiger partial charge < -0.3 is 14.6 Å². The molecule has 1 aliphatic heterocycles. The summed E-state index contributed by atoms with van der Waals surface area (Å²) in [6, 6.07) is 1.82. The fraction of sp³-hybridized carbons (Fsp3) is 0.481. The van der Waals surface area contributed by atoms with Crippen LogP contribution in [0, 0.1) is 6.92 Å². The summed E-state index contributed by atoms with van der Waals surface area (Å²) in [5.41, 5.74) is 5.97. The number of fused-ring (bicyclic) bond motifs is 4. The highest BCUT2D eigenvalue weighted by molar-refractivity contribution is 5.92. The van der Waals surface area contributed by atoms with Crippen molar-refractivity contribution in [3.8, 4) is 23.0 Å². The number of aliphatic hydroxyl groups is 1. The minimum atomic E-state index is -0.208. The van der Waals surface area contributed by atoms with E-state index in [2.05, 4.69) is 34.0 Å². The number of pyridine rings is 1. The molecular formula is C27H36N8O3. The molecule has 0 saturated carbocycles. The highest BCUT2D eigenvalue weighted by Gasteiger charge is 2.25. The Hall–Kier alpha value is -3.70. The van der Waals surface area contributed by atoms with Crippen LogP contribution in [0.4, 0.5) is 0 Å². The molecule has 0 unspecified atom stereocenters. The molecule has 5 rings (SSSR count). The zero-order valence-electron chi connectivity index (χ0n) is 22.9. The van der Waals surface area contributed by atoms with Crippen molar-refractivity contribution in [2.75, 3.05) is 26.3 Å². The smallest absolute Gasteiger partial charge is 0.240 e. The molecule has 0 saturated heterocycles. The lowest BCUT2D eigenvalue weighted by Crippen LogP contribution is -2.35. The molecule has 5 heterocycles. The van der Waals surface area contributed by atoms with Gasteiger partial charge >= 0.3 is 0 Å². The number of rotatable bonds is 5. The quantitative estimate of drug-likeness (QED) is 0.410. The Bertz CT molecular complexity index is 1470. The molecule has 0 fully saturated rings. The summed E-state index contributed by atoms with van der Waals surface area (Å²) in [4.78, 5) is 7.02. The molecule has 1 aliphatic rings. The van der Waals surface area contributed by atoms with E-state index in [4.69, 9.17) is 19.6 Å². The van der Waals surface area contributed by atoms with Crippen LogP contribution in [-0.4, -0.2) is 77.2 Å². The van der Waals surface area contributed by atoms with Crippen molar-refractivity contribution in [2.24, 2.45) is 7.05 Å². The maximum atomic E-state index is 9.99. The number of likely N-dealkylation sites (N-methyl/N-ethyl adjacent to an activating group) is 1. The largest absolute Gasteiger partial charge is 0.476 e. The Kier molecular flexibility index (Phi) is 7.22. The minimum absolute atomic E-state index is 0.0303. The van der Waals surface area contributed by atoms with Crippen molar-refractivity contribution in [3.63, 3.8) is 0 Å². The van der Waals surface area contributed by atoms with Gasteiger partial charge in [-0.1, -0.05) is 6.92 Å². The van der Waals surface area contributed by atoms with E-state index in [0.717, 1.165) is 51.4 Å². The molecule has 4 aromatic rings. The normalized spacial score (nSPS) is 17.9. The Balaban J connectivity index is 1.73. The summed E-state index contributed by atoms with van der Waals surface area (Å²) < 4.78 is 16.1. The van der Waals surface area contributed by atoms with Crippen molar-refractivity contribution >= 4 is 23.1 Å². The molecule has 4 aromatic heterocycles. The number of hydrogen-bond acceptors (Lipinski definition) is 8.